The maximum Gasteiger partial charge on any atom is 0.438 e. The number of alkyl halides is 6. The van der Waals surface area contributed by atoms with Crippen molar-refractivity contribution < 1.29 is 48.8 Å². The summed E-state index contributed by atoms with van der Waals surface area (Å²) in [7, 11) is -5.77. The van der Waals surface area contributed by atoms with Gasteiger partial charge in [0.05, 0.1) is 5.92 Å². The highest BCUT2D eigenvalue weighted by atomic mass is 32.2. The quantitative estimate of drug-likeness (QED) is 0.433. The molecule has 1 saturated carbocycles. The fraction of sp³-hybridized carbons (Fsp3) is 0.909. The molecule has 0 saturated heterocycles. The smallest absolute Gasteiger partial charge is 0.438 e. The van der Waals surface area contributed by atoms with E-state index in [1.165, 1.54) is 0 Å². The van der Waals surface area contributed by atoms with Gasteiger partial charge < -0.3 is 10.5 Å². The third kappa shape index (κ3) is 4.72. The largest absolute Gasteiger partial charge is 0.438 e. The lowest BCUT2D eigenvalue weighted by Gasteiger charge is -2.37. The van der Waals surface area contributed by atoms with Crippen molar-refractivity contribution >= 4 is 16.1 Å². The van der Waals surface area contributed by atoms with Crippen LogP contribution in [0.25, 0.3) is 0 Å². The molecule has 0 amide bonds. The summed E-state index contributed by atoms with van der Waals surface area (Å²) < 4.78 is 112. The zero-order valence-electron chi connectivity index (χ0n) is 12.0. The van der Waals surface area contributed by atoms with Gasteiger partial charge in [-0.3, -0.25) is 9.35 Å². The minimum atomic E-state index is -6.30. The number of ether oxygens (including phenoxy) is 1. The lowest BCUT2D eigenvalue weighted by molar-refractivity contribution is -0.362. The zero-order chi connectivity index (χ0) is 19.0. The minimum Gasteiger partial charge on any atom is -0.438 e. The first-order chi connectivity index (χ1) is 10.6. The molecule has 0 spiro atoms. The molecule has 0 aromatic carbocycles. The normalized spacial score (nSPS) is 23.8. The van der Waals surface area contributed by atoms with Crippen LogP contribution in [0.1, 0.15) is 25.7 Å². The third-order valence-electron chi connectivity index (χ3n) is 3.68. The van der Waals surface area contributed by atoms with E-state index >= 15 is 0 Å². The molecule has 13 heteroatoms. The third-order valence-corrected chi connectivity index (χ3v) is 4.45. The van der Waals surface area contributed by atoms with Gasteiger partial charge in [0.25, 0.3) is 10.1 Å². The van der Waals surface area contributed by atoms with Crippen LogP contribution in [0.5, 0.6) is 0 Å². The Kier molecular flexibility index (Phi) is 5.83. The van der Waals surface area contributed by atoms with E-state index < -0.39 is 45.7 Å². The van der Waals surface area contributed by atoms with E-state index in [2.05, 4.69) is 4.74 Å². The van der Waals surface area contributed by atoms with Gasteiger partial charge in [-0.15, -0.1) is 0 Å². The van der Waals surface area contributed by atoms with Gasteiger partial charge in [-0.2, -0.15) is 34.8 Å². The molecular weight excluding hydrogens is 372 g/mol. The van der Waals surface area contributed by atoms with Gasteiger partial charge in [-0.05, 0) is 25.7 Å². The van der Waals surface area contributed by atoms with Crippen LogP contribution in [0, 0.1) is 5.92 Å². The van der Waals surface area contributed by atoms with E-state index in [1.54, 1.807) is 0 Å². The second-order valence-electron chi connectivity index (χ2n) is 5.58. The van der Waals surface area contributed by atoms with Crippen LogP contribution in [-0.4, -0.2) is 48.7 Å². The predicted octanol–water partition coefficient (Wildman–Crippen LogP) is 1.80. The number of hydrogen-bond acceptors (Lipinski definition) is 5. The highest BCUT2D eigenvalue weighted by Gasteiger charge is 2.76. The molecule has 0 heterocycles. The Morgan fingerprint density at radius 3 is 1.79 bits per heavy atom. The summed E-state index contributed by atoms with van der Waals surface area (Å²) in [4.78, 5) is 11.8. The van der Waals surface area contributed by atoms with Crippen LogP contribution in [0.3, 0.4) is 0 Å². The summed E-state index contributed by atoms with van der Waals surface area (Å²) in [6.45, 7) is 0. The Hall–Kier alpha value is -1.08. The number of carbonyl (C=O) groups is 1. The molecular formula is C11H15F6NO5S. The molecule has 0 aliphatic heterocycles. The zero-order valence-corrected chi connectivity index (χ0v) is 12.8. The number of halogens is 6. The molecule has 6 nitrogen and oxygen atoms in total. The van der Waals surface area contributed by atoms with Gasteiger partial charge in [0, 0.05) is 6.04 Å². The molecule has 0 aromatic heterocycles. The van der Waals surface area contributed by atoms with Crippen molar-refractivity contribution in [1.29, 1.82) is 0 Å². The molecule has 3 N–H and O–H groups in total. The summed E-state index contributed by atoms with van der Waals surface area (Å²) in [6, 6.07) is -0.332. The monoisotopic (exact) mass is 387 g/mol. The molecule has 0 bridgehead atoms. The number of carbonyl (C=O) groups excluding carboxylic acids is 1. The minimum absolute atomic E-state index is 0.0856. The molecule has 24 heavy (non-hydrogen) atoms. The fourth-order valence-electron chi connectivity index (χ4n) is 2.34. The molecule has 0 atom stereocenters. The van der Waals surface area contributed by atoms with E-state index in [9.17, 15) is 39.6 Å². The van der Waals surface area contributed by atoms with Gasteiger partial charge in [-0.25, -0.2) is 0 Å². The Labute approximate surface area is 133 Å². The van der Waals surface area contributed by atoms with Crippen LogP contribution < -0.4 is 5.73 Å². The second-order valence-corrected chi connectivity index (χ2v) is 7.03. The van der Waals surface area contributed by atoms with Crippen LogP contribution in [0.4, 0.5) is 26.3 Å². The first kappa shape index (κ1) is 21.0. The molecule has 0 radical (unpaired) electrons. The van der Waals surface area contributed by atoms with Crippen LogP contribution in [0.15, 0.2) is 0 Å². The van der Waals surface area contributed by atoms with Gasteiger partial charge in [0.2, 0.25) is 0 Å². The maximum absolute atomic E-state index is 13.0. The van der Waals surface area contributed by atoms with Gasteiger partial charge >= 0.3 is 23.9 Å². The average Bonchev–Trinajstić information content (AvgIpc) is 2.34. The van der Waals surface area contributed by atoms with Crippen LogP contribution in [0.2, 0.25) is 0 Å². The number of esters is 1. The fourth-order valence-corrected chi connectivity index (χ4v) is 3.24. The molecule has 1 aliphatic carbocycles. The first-order valence-electron chi connectivity index (χ1n) is 6.66. The van der Waals surface area contributed by atoms with Gasteiger partial charge in [-0.1, -0.05) is 0 Å². The topological polar surface area (TPSA) is 107 Å². The van der Waals surface area contributed by atoms with Crippen LogP contribution >= 0.6 is 0 Å². The van der Waals surface area contributed by atoms with Gasteiger partial charge in [0.1, 0.15) is 5.75 Å². The molecule has 0 unspecified atom stereocenters. The summed E-state index contributed by atoms with van der Waals surface area (Å²) in [6.07, 6.45) is -12.4. The SMILES string of the molecule is NC1CCC(C(=O)OC(CS(=O)(=O)O)(C(F)(F)F)C(F)(F)F)CC1. The van der Waals surface area contributed by atoms with E-state index in [0.717, 1.165) is 0 Å². The Morgan fingerprint density at radius 1 is 1.04 bits per heavy atom. The predicted molar refractivity (Wildman–Crippen MR) is 67.3 cm³/mol. The lowest BCUT2D eigenvalue weighted by Crippen LogP contribution is -2.64. The summed E-state index contributed by atoms with van der Waals surface area (Å²) in [5.41, 5.74) is 0.179. The second kappa shape index (κ2) is 6.67. The van der Waals surface area contributed by atoms with Crippen molar-refractivity contribution in [1.82, 2.24) is 0 Å². The molecule has 1 fully saturated rings. The van der Waals surface area contributed by atoms with E-state index in [-0.39, 0.29) is 31.7 Å². The van der Waals surface area contributed by atoms with Crippen molar-refractivity contribution in [3.63, 3.8) is 0 Å². The molecule has 0 aromatic rings. The highest BCUT2D eigenvalue weighted by Crippen LogP contribution is 2.47. The van der Waals surface area contributed by atoms with Gasteiger partial charge in [0.15, 0.2) is 0 Å². The summed E-state index contributed by atoms with van der Waals surface area (Å²) in [5.74, 6) is -5.97. The van der Waals surface area contributed by atoms with E-state index in [1.807, 2.05) is 0 Å². The van der Waals surface area contributed by atoms with Crippen LogP contribution in [-0.2, 0) is 19.6 Å². The van der Waals surface area contributed by atoms with E-state index in [0.29, 0.717) is 0 Å². The standard InChI is InChI=1S/C11H15F6NO5S/c12-10(13,14)9(11(15,16)17,5-24(20,21)22)23-8(19)6-1-3-7(18)4-2-6/h6-7H,1-5,18H2,(H,20,21,22). The van der Waals surface area contributed by atoms with Crippen molar-refractivity contribution in [2.45, 2.75) is 49.7 Å². The Morgan fingerprint density at radius 2 is 1.46 bits per heavy atom. The maximum atomic E-state index is 13.0. The number of hydrogen-bond donors (Lipinski definition) is 2. The lowest BCUT2D eigenvalue weighted by atomic mass is 9.86. The number of nitrogens with two attached hydrogens (primary N) is 1. The Bertz CT molecular complexity index is 550. The molecule has 1 aliphatic rings. The molecule has 142 valence electrons. The Balaban J connectivity index is 3.20. The molecule has 1 rings (SSSR count). The van der Waals surface area contributed by atoms with E-state index in [4.69, 9.17) is 10.3 Å². The van der Waals surface area contributed by atoms with Crippen molar-refractivity contribution in [2.24, 2.45) is 11.7 Å². The average molecular weight is 387 g/mol. The van der Waals surface area contributed by atoms with Crippen molar-refractivity contribution in [2.75, 3.05) is 5.75 Å². The highest BCUT2D eigenvalue weighted by molar-refractivity contribution is 7.85. The number of rotatable bonds is 4. The summed E-state index contributed by atoms with van der Waals surface area (Å²) >= 11 is 0. The van der Waals surface area contributed by atoms with Crippen molar-refractivity contribution in [3.8, 4) is 0 Å². The first-order valence-corrected chi connectivity index (χ1v) is 8.27. The summed E-state index contributed by atoms with van der Waals surface area (Å²) in [5, 5.41) is 0. The van der Waals surface area contributed by atoms with Crippen molar-refractivity contribution in [3.05, 3.63) is 0 Å².